The number of nitrogens with one attached hydrogen (secondary N) is 1. The highest BCUT2D eigenvalue weighted by atomic mass is 16.5. The van der Waals surface area contributed by atoms with Crippen molar-refractivity contribution in [1.82, 2.24) is 5.32 Å². The molecule has 0 aliphatic carbocycles. The summed E-state index contributed by atoms with van der Waals surface area (Å²) in [7, 11) is 0. The van der Waals surface area contributed by atoms with Crippen LogP contribution in [-0.4, -0.2) is 38.5 Å². The maximum absolute atomic E-state index is 9.16. The molecule has 0 saturated carbocycles. The molecule has 0 spiro atoms. The van der Waals surface area contributed by atoms with Crippen LogP contribution in [-0.2, 0) is 9.47 Å². The van der Waals surface area contributed by atoms with Crippen molar-refractivity contribution in [2.24, 2.45) is 5.92 Å². The number of rotatable bonds is 4. The molecule has 0 bridgehead atoms. The van der Waals surface area contributed by atoms with Gasteiger partial charge >= 0.3 is 0 Å². The van der Waals surface area contributed by atoms with Gasteiger partial charge in [-0.15, -0.1) is 0 Å². The van der Waals surface area contributed by atoms with Crippen LogP contribution in [0.3, 0.4) is 0 Å². The molecule has 2 unspecified atom stereocenters. The Morgan fingerprint density at radius 1 is 1.25 bits per heavy atom. The minimum absolute atomic E-state index is 0.0342. The lowest BCUT2D eigenvalue weighted by atomic mass is 9.92. The normalized spacial score (nSPS) is 28.8. The molecule has 2 saturated heterocycles. The second-order valence-electron chi connectivity index (χ2n) is 4.60. The molecule has 2 heterocycles. The van der Waals surface area contributed by atoms with Gasteiger partial charge in [0.2, 0.25) is 0 Å². The Kier molecular flexibility index (Phi) is 4.58. The molecular weight excluding hydrogens is 204 g/mol. The standard InChI is InChI=1S/C12H20N2O2/c13-8-12(10-3-6-15-7-4-10)14-9-11-2-1-5-16-11/h10-12,14H,1-7,9H2. The topological polar surface area (TPSA) is 54.3 Å². The van der Waals surface area contributed by atoms with Crippen LogP contribution in [0.1, 0.15) is 25.7 Å². The van der Waals surface area contributed by atoms with Crippen LogP contribution in [0.2, 0.25) is 0 Å². The molecule has 4 heteroatoms. The SMILES string of the molecule is N#CC(NCC1CCCO1)C1CCOCC1. The Bertz CT molecular complexity index is 240. The van der Waals surface area contributed by atoms with Crippen LogP contribution >= 0.6 is 0 Å². The first-order valence-corrected chi connectivity index (χ1v) is 6.22. The Morgan fingerprint density at radius 2 is 2.06 bits per heavy atom. The van der Waals surface area contributed by atoms with E-state index in [1.165, 1.54) is 0 Å². The predicted molar refractivity (Wildman–Crippen MR) is 59.9 cm³/mol. The average Bonchev–Trinajstić information content (AvgIpc) is 2.84. The molecule has 90 valence electrons. The van der Waals surface area contributed by atoms with E-state index < -0.39 is 0 Å². The summed E-state index contributed by atoms with van der Waals surface area (Å²) < 4.78 is 10.8. The minimum atomic E-state index is -0.0342. The van der Waals surface area contributed by atoms with Gasteiger partial charge in [0, 0.05) is 26.4 Å². The van der Waals surface area contributed by atoms with E-state index in [1.54, 1.807) is 0 Å². The van der Waals surface area contributed by atoms with E-state index in [-0.39, 0.29) is 6.04 Å². The average molecular weight is 224 g/mol. The van der Waals surface area contributed by atoms with Crippen LogP contribution in [0.5, 0.6) is 0 Å². The summed E-state index contributed by atoms with van der Waals surface area (Å²) in [6.45, 7) is 3.28. The number of nitriles is 1. The molecule has 0 radical (unpaired) electrons. The Morgan fingerprint density at radius 3 is 2.69 bits per heavy atom. The zero-order valence-corrected chi connectivity index (χ0v) is 9.65. The summed E-state index contributed by atoms with van der Waals surface area (Å²) >= 11 is 0. The van der Waals surface area contributed by atoms with E-state index >= 15 is 0 Å². The van der Waals surface area contributed by atoms with Gasteiger partial charge in [0.1, 0.15) is 0 Å². The third kappa shape index (κ3) is 3.18. The van der Waals surface area contributed by atoms with Crippen molar-refractivity contribution in [3.63, 3.8) is 0 Å². The lowest BCUT2D eigenvalue weighted by molar-refractivity contribution is 0.0562. The summed E-state index contributed by atoms with van der Waals surface area (Å²) in [5.74, 6) is 0.445. The molecule has 0 aromatic heterocycles. The largest absolute Gasteiger partial charge is 0.381 e. The second kappa shape index (κ2) is 6.19. The molecule has 2 aliphatic rings. The highest BCUT2D eigenvalue weighted by Crippen LogP contribution is 2.19. The van der Waals surface area contributed by atoms with Crippen molar-refractivity contribution < 1.29 is 9.47 Å². The highest BCUT2D eigenvalue weighted by molar-refractivity contribution is 4.96. The second-order valence-corrected chi connectivity index (χ2v) is 4.60. The lowest BCUT2D eigenvalue weighted by Crippen LogP contribution is -2.41. The van der Waals surface area contributed by atoms with Crippen LogP contribution in [0.25, 0.3) is 0 Å². The Hall–Kier alpha value is -0.630. The molecular formula is C12H20N2O2. The molecule has 2 aliphatic heterocycles. The van der Waals surface area contributed by atoms with Crippen molar-refractivity contribution in [3.8, 4) is 6.07 Å². The quantitative estimate of drug-likeness (QED) is 0.776. The van der Waals surface area contributed by atoms with Gasteiger partial charge in [0.05, 0.1) is 18.2 Å². The van der Waals surface area contributed by atoms with E-state index in [4.69, 9.17) is 14.7 Å². The fourth-order valence-electron chi connectivity index (χ4n) is 2.43. The Labute approximate surface area is 96.9 Å². The predicted octanol–water partition coefficient (Wildman–Crippen LogP) is 1.07. The first-order valence-electron chi connectivity index (χ1n) is 6.22. The molecule has 2 rings (SSSR count). The summed E-state index contributed by atoms with van der Waals surface area (Å²) in [4.78, 5) is 0. The zero-order valence-electron chi connectivity index (χ0n) is 9.65. The van der Waals surface area contributed by atoms with Gasteiger partial charge in [-0.2, -0.15) is 5.26 Å². The van der Waals surface area contributed by atoms with Crippen molar-refractivity contribution >= 4 is 0 Å². The monoisotopic (exact) mass is 224 g/mol. The summed E-state index contributed by atoms with van der Waals surface area (Å²) in [6, 6.07) is 2.34. The van der Waals surface area contributed by atoms with Gasteiger partial charge in [0.15, 0.2) is 0 Å². The molecule has 0 aromatic carbocycles. The lowest BCUT2D eigenvalue weighted by Gasteiger charge is -2.27. The highest BCUT2D eigenvalue weighted by Gasteiger charge is 2.25. The zero-order chi connectivity index (χ0) is 11.2. The van der Waals surface area contributed by atoms with Gasteiger partial charge in [-0.25, -0.2) is 0 Å². The summed E-state index contributed by atoms with van der Waals surface area (Å²) in [5, 5.41) is 12.5. The smallest absolute Gasteiger partial charge is 0.0984 e. The molecule has 2 fully saturated rings. The number of hydrogen-bond acceptors (Lipinski definition) is 4. The third-order valence-corrected chi connectivity index (χ3v) is 3.47. The van der Waals surface area contributed by atoms with Gasteiger partial charge in [-0.1, -0.05) is 0 Å². The van der Waals surface area contributed by atoms with E-state index in [1.807, 2.05) is 0 Å². The van der Waals surface area contributed by atoms with Gasteiger partial charge in [0.25, 0.3) is 0 Å². The van der Waals surface area contributed by atoms with E-state index in [2.05, 4.69) is 11.4 Å². The maximum Gasteiger partial charge on any atom is 0.0984 e. The minimum Gasteiger partial charge on any atom is -0.381 e. The first-order chi connectivity index (χ1) is 7.90. The van der Waals surface area contributed by atoms with Crippen molar-refractivity contribution in [1.29, 1.82) is 5.26 Å². The first kappa shape index (κ1) is 11.8. The van der Waals surface area contributed by atoms with Crippen molar-refractivity contribution in [2.45, 2.75) is 37.8 Å². The van der Waals surface area contributed by atoms with Crippen LogP contribution < -0.4 is 5.32 Å². The van der Waals surface area contributed by atoms with Crippen molar-refractivity contribution in [3.05, 3.63) is 0 Å². The van der Waals surface area contributed by atoms with Crippen LogP contribution in [0.15, 0.2) is 0 Å². The van der Waals surface area contributed by atoms with Crippen LogP contribution in [0.4, 0.5) is 0 Å². The van der Waals surface area contributed by atoms with Gasteiger partial charge in [-0.05, 0) is 31.6 Å². The molecule has 0 amide bonds. The Balaban J connectivity index is 1.73. The molecule has 2 atom stereocenters. The van der Waals surface area contributed by atoms with Gasteiger partial charge < -0.3 is 9.47 Å². The van der Waals surface area contributed by atoms with E-state index in [9.17, 15) is 0 Å². The molecule has 4 nitrogen and oxygen atoms in total. The molecule has 1 N–H and O–H groups in total. The fourth-order valence-corrected chi connectivity index (χ4v) is 2.43. The van der Waals surface area contributed by atoms with E-state index in [0.29, 0.717) is 12.0 Å². The van der Waals surface area contributed by atoms with Crippen LogP contribution in [0, 0.1) is 17.2 Å². The molecule has 0 aromatic rings. The number of hydrogen-bond donors (Lipinski definition) is 1. The summed E-state index contributed by atoms with van der Waals surface area (Å²) in [5.41, 5.74) is 0. The number of nitrogens with zero attached hydrogens (tertiary/aromatic N) is 1. The third-order valence-electron chi connectivity index (χ3n) is 3.47. The summed E-state index contributed by atoms with van der Waals surface area (Å²) in [6.07, 6.45) is 4.59. The van der Waals surface area contributed by atoms with Crippen molar-refractivity contribution in [2.75, 3.05) is 26.4 Å². The molecule has 16 heavy (non-hydrogen) atoms. The number of ether oxygens (including phenoxy) is 2. The maximum atomic E-state index is 9.16. The van der Waals surface area contributed by atoms with E-state index in [0.717, 1.165) is 52.0 Å². The fraction of sp³-hybridized carbons (Fsp3) is 0.917. The van der Waals surface area contributed by atoms with Gasteiger partial charge in [-0.3, -0.25) is 5.32 Å².